The van der Waals surface area contributed by atoms with Crippen molar-refractivity contribution in [3.8, 4) is 0 Å². The van der Waals surface area contributed by atoms with Gasteiger partial charge >= 0.3 is 0 Å². The minimum absolute atomic E-state index is 0.123. The van der Waals surface area contributed by atoms with Gasteiger partial charge in [-0.15, -0.1) is 0 Å². The molecule has 2 rings (SSSR count). The normalized spacial score (nSPS) is 12.4. The van der Waals surface area contributed by atoms with E-state index >= 15 is 0 Å². The second kappa shape index (κ2) is 6.79. The molecule has 0 aliphatic rings. The smallest absolute Gasteiger partial charge is 0.142 e. The fourth-order valence-corrected chi connectivity index (χ4v) is 2.32. The lowest BCUT2D eigenvalue weighted by molar-refractivity contribution is 0.531. The number of halogens is 2. The molecule has 3 N–H and O–H groups in total. The zero-order valence-corrected chi connectivity index (χ0v) is 12.0. The summed E-state index contributed by atoms with van der Waals surface area (Å²) < 4.78 is 13.5. The first-order valence-electron chi connectivity index (χ1n) is 6.49. The highest BCUT2D eigenvalue weighted by Crippen LogP contribution is 2.22. The lowest BCUT2D eigenvalue weighted by Crippen LogP contribution is -2.31. The monoisotopic (exact) mass is 293 g/mol. The second-order valence-electron chi connectivity index (χ2n) is 4.57. The molecule has 0 aliphatic heterocycles. The number of pyridine rings is 1. The summed E-state index contributed by atoms with van der Waals surface area (Å²) >= 11 is 5.69. The first-order chi connectivity index (χ1) is 9.65. The molecular formula is C15H17ClFN3. The Bertz CT molecular complexity index is 589. The third kappa shape index (κ3) is 3.33. The summed E-state index contributed by atoms with van der Waals surface area (Å²) in [7, 11) is 0. The predicted octanol–water partition coefficient (Wildman–Crippen LogP) is 3.18. The van der Waals surface area contributed by atoms with Crippen LogP contribution in [0.25, 0.3) is 0 Å². The number of rotatable bonds is 5. The van der Waals surface area contributed by atoms with Gasteiger partial charge in [-0.1, -0.05) is 30.7 Å². The van der Waals surface area contributed by atoms with Crippen molar-refractivity contribution in [2.24, 2.45) is 5.84 Å². The molecule has 1 heterocycles. The summed E-state index contributed by atoms with van der Waals surface area (Å²) in [6.07, 6.45) is 3.16. The van der Waals surface area contributed by atoms with Crippen LogP contribution in [-0.2, 0) is 12.8 Å². The average molecular weight is 294 g/mol. The zero-order valence-electron chi connectivity index (χ0n) is 11.2. The van der Waals surface area contributed by atoms with Crippen LogP contribution in [-0.4, -0.2) is 4.98 Å². The number of nitrogens with zero attached hydrogens (tertiary/aromatic N) is 1. The number of hydrogen-bond acceptors (Lipinski definition) is 3. The Hall–Kier alpha value is -1.49. The van der Waals surface area contributed by atoms with Crippen LogP contribution in [0.3, 0.4) is 0 Å². The highest BCUT2D eigenvalue weighted by molar-refractivity contribution is 6.30. The van der Waals surface area contributed by atoms with Crippen LogP contribution in [0.2, 0.25) is 5.02 Å². The molecule has 3 nitrogen and oxygen atoms in total. The first kappa shape index (κ1) is 14.9. The Labute approximate surface area is 122 Å². The summed E-state index contributed by atoms with van der Waals surface area (Å²) in [5, 5.41) is 0.123. The third-order valence-corrected chi connectivity index (χ3v) is 3.57. The summed E-state index contributed by atoms with van der Waals surface area (Å²) in [5.74, 6) is 5.21. The third-order valence-electron chi connectivity index (χ3n) is 3.26. The lowest BCUT2D eigenvalue weighted by Gasteiger charge is -2.18. The second-order valence-corrected chi connectivity index (χ2v) is 4.98. The molecule has 0 amide bonds. The van der Waals surface area contributed by atoms with E-state index in [9.17, 15) is 4.39 Å². The largest absolute Gasteiger partial charge is 0.271 e. The number of benzene rings is 1. The van der Waals surface area contributed by atoms with Crippen LogP contribution < -0.4 is 11.3 Å². The van der Waals surface area contributed by atoms with Crippen LogP contribution >= 0.6 is 11.6 Å². The van der Waals surface area contributed by atoms with Gasteiger partial charge in [0, 0.05) is 6.20 Å². The Morgan fingerprint density at radius 2 is 2.20 bits per heavy atom. The van der Waals surface area contributed by atoms with E-state index in [0.717, 1.165) is 23.2 Å². The van der Waals surface area contributed by atoms with Gasteiger partial charge in [-0.25, -0.2) is 4.39 Å². The van der Waals surface area contributed by atoms with Gasteiger partial charge in [0.15, 0.2) is 0 Å². The fourth-order valence-electron chi connectivity index (χ4n) is 2.20. The molecule has 1 aromatic heterocycles. The number of hydrazine groups is 1. The Kier molecular flexibility index (Phi) is 5.06. The van der Waals surface area contributed by atoms with Crippen LogP contribution in [0.15, 0.2) is 36.5 Å². The highest BCUT2D eigenvalue weighted by Gasteiger charge is 2.16. The molecule has 20 heavy (non-hydrogen) atoms. The molecule has 0 saturated heterocycles. The summed E-state index contributed by atoms with van der Waals surface area (Å²) in [5.41, 5.74) is 5.61. The van der Waals surface area contributed by atoms with Crippen LogP contribution in [0.4, 0.5) is 4.39 Å². The van der Waals surface area contributed by atoms with Gasteiger partial charge in [0.25, 0.3) is 0 Å². The average Bonchev–Trinajstić information content (AvgIpc) is 2.48. The van der Waals surface area contributed by atoms with Crippen LogP contribution in [0.5, 0.6) is 0 Å². The molecular weight excluding hydrogens is 277 g/mol. The van der Waals surface area contributed by atoms with E-state index in [4.69, 9.17) is 17.4 Å². The van der Waals surface area contributed by atoms with Gasteiger partial charge < -0.3 is 0 Å². The highest BCUT2D eigenvalue weighted by atomic mass is 35.5. The van der Waals surface area contributed by atoms with Crippen molar-refractivity contribution in [3.05, 3.63) is 64.2 Å². The first-order valence-corrected chi connectivity index (χ1v) is 6.87. The molecule has 106 valence electrons. The lowest BCUT2D eigenvalue weighted by atomic mass is 9.99. The minimum Gasteiger partial charge on any atom is -0.271 e. The molecule has 0 saturated carbocycles. The molecule has 0 spiro atoms. The zero-order chi connectivity index (χ0) is 14.5. The van der Waals surface area contributed by atoms with Crippen LogP contribution in [0, 0.1) is 5.82 Å². The van der Waals surface area contributed by atoms with Crippen molar-refractivity contribution in [2.45, 2.75) is 25.8 Å². The van der Waals surface area contributed by atoms with E-state index < -0.39 is 5.82 Å². The van der Waals surface area contributed by atoms with Gasteiger partial charge in [0.2, 0.25) is 0 Å². The summed E-state index contributed by atoms with van der Waals surface area (Å²) in [6, 6.07) is 8.55. The summed E-state index contributed by atoms with van der Waals surface area (Å²) in [6.45, 7) is 2.07. The quantitative estimate of drug-likeness (QED) is 0.657. The maximum atomic E-state index is 13.5. The maximum absolute atomic E-state index is 13.5. The number of aryl methyl sites for hydroxylation is 1. The van der Waals surface area contributed by atoms with Crippen molar-refractivity contribution >= 4 is 11.6 Å². The van der Waals surface area contributed by atoms with Gasteiger partial charge in [0.05, 0.1) is 16.8 Å². The van der Waals surface area contributed by atoms with E-state index in [1.807, 2.05) is 12.1 Å². The van der Waals surface area contributed by atoms with E-state index in [1.165, 1.54) is 6.07 Å². The van der Waals surface area contributed by atoms with Crippen molar-refractivity contribution in [2.75, 3.05) is 0 Å². The molecule has 1 atom stereocenters. The van der Waals surface area contributed by atoms with E-state index in [2.05, 4.69) is 17.3 Å². The molecule has 2 aromatic rings. The maximum Gasteiger partial charge on any atom is 0.142 e. The van der Waals surface area contributed by atoms with E-state index in [1.54, 1.807) is 18.3 Å². The predicted molar refractivity (Wildman–Crippen MR) is 78.8 cm³/mol. The fraction of sp³-hybridized carbons (Fsp3) is 0.267. The molecule has 1 unspecified atom stereocenters. The molecule has 0 bridgehead atoms. The van der Waals surface area contributed by atoms with Gasteiger partial charge in [-0.3, -0.25) is 16.3 Å². The van der Waals surface area contributed by atoms with Crippen molar-refractivity contribution < 1.29 is 4.39 Å². The van der Waals surface area contributed by atoms with Crippen LogP contribution in [0.1, 0.15) is 29.8 Å². The molecule has 1 aromatic carbocycles. The van der Waals surface area contributed by atoms with E-state index in [-0.39, 0.29) is 11.1 Å². The number of nitrogens with two attached hydrogens (primary N) is 1. The van der Waals surface area contributed by atoms with Crippen molar-refractivity contribution in [1.29, 1.82) is 0 Å². The Balaban J connectivity index is 2.26. The van der Waals surface area contributed by atoms with E-state index in [0.29, 0.717) is 6.42 Å². The van der Waals surface area contributed by atoms with Crippen molar-refractivity contribution in [3.63, 3.8) is 0 Å². The number of aromatic nitrogens is 1. The van der Waals surface area contributed by atoms with Gasteiger partial charge in [-0.2, -0.15) is 0 Å². The minimum atomic E-state index is -0.420. The molecule has 0 radical (unpaired) electrons. The topological polar surface area (TPSA) is 50.9 Å². The van der Waals surface area contributed by atoms with Crippen molar-refractivity contribution in [1.82, 2.24) is 10.4 Å². The van der Waals surface area contributed by atoms with Gasteiger partial charge in [0.1, 0.15) is 5.82 Å². The molecule has 5 heteroatoms. The Morgan fingerprint density at radius 3 is 2.85 bits per heavy atom. The SMILES string of the molecule is CCc1cccnc1C(Cc1ccc(Cl)c(F)c1)NN. The number of hydrogen-bond donors (Lipinski definition) is 2. The molecule has 0 fully saturated rings. The number of nitrogens with one attached hydrogen (secondary N) is 1. The summed E-state index contributed by atoms with van der Waals surface area (Å²) in [4.78, 5) is 4.39. The Morgan fingerprint density at radius 1 is 1.40 bits per heavy atom. The van der Waals surface area contributed by atoms with Gasteiger partial charge in [-0.05, 0) is 42.2 Å². The molecule has 0 aliphatic carbocycles. The standard InChI is InChI=1S/C15H17ClFN3/c1-2-11-4-3-7-19-15(11)14(20-18)9-10-5-6-12(16)13(17)8-10/h3-8,14,20H,2,9,18H2,1H3.